The molecule has 2 aliphatic rings. The number of aliphatic imine (C=N–C) groups is 2. The van der Waals surface area contributed by atoms with E-state index in [0.29, 0.717) is 0 Å². The molecule has 0 spiro atoms. The molecule has 0 fully saturated rings. The Bertz CT molecular complexity index is 2280. The van der Waals surface area contributed by atoms with E-state index in [4.69, 9.17) is 28.4 Å². The quantitative estimate of drug-likeness (QED) is 0.109. The highest BCUT2D eigenvalue weighted by molar-refractivity contribution is 5.91. The molecule has 7 atom stereocenters. The van der Waals surface area contributed by atoms with Crippen molar-refractivity contribution < 1.29 is 57.2 Å². The molecule has 18 heteroatoms. The maximum Gasteiger partial charge on any atom is 0.340 e. The number of dihydropyridines is 2. The molecule has 0 N–H and O–H groups in total. The zero-order valence-corrected chi connectivity index (χ0v) is 32.4. The van der Waals surface area contributed by atoms with Gasteiger partial charge >= 0.3 is 35.8 Å². The molecule has 0 amide bonds. The van der Waals surface area contributed by atoms with Crippen LogP contribution in [-0.2, 0) is 38.0 Å². The van der Waals surface area contributed by atoms with Gasteiger partial charge in [0.1, 0.15) is 13.2 Å². The van der Waals surface area contributed by atoms with Gasteiger partial charge in [-0.05, 0) is 67.6 Å². The molecule has 2 aliphatic heterocycles. The van der Waals surface area contributed by atoms with Crippen LogP contribution in [0.25, 0.3) is 0 Å². The summed E-state index contributed by atoms with van der Waals surface area (Å²) in [5, 5.41) is 0. The van der Waals surface area contributed by atoms with Crippen LogP contribution in [0.1, 0.15) is 48.4 Å². The third-order valence-corrected chi connectivity index (χ3v) is 9.09. The Labute approximate surface area is 348 Å². The van der Waals surface area contributed by atoms with Crippen LogP contribution in [0, 0.1) is 11.8 Å². The van der Waals surface area contributed by atoms with E-state index >= 15 is 0 Å². The molecule has 312 valence electrons. The average molecular weight is 831 g/mol. The van der Waals surface area contributed by atoms with E-state index in [1.807, 2.05) is 0 Å². The van der Waals surface area contributed by atoms with E-state index in [-0.39, 0.29) is 28.8 Å². The Morgan fingerprint density at radius 2 is 1.00 bits per heavy atom. The van der Waals surface area contributed by atoms with Crippen molar-refractivity contribution >= 4 is 48.2 Å². The molecule has 6 heterocycles. The standard InChI is InChI=1S/C43H38N6O12/c1-27-33(13-7-19-49-27)43(55)57-26-35(59-40(52)30-10-4-16-46-22-30)37(61-42(54)32-12-6-18-48-24-32)36(60-41(53)31-11-5-17-47-23-31)34(58-39(51)29-9-3-15-45-21-29)25-56-38(50)28-8-2-14-44-20-28/h2-19,21-24,27-28,33-37H,20,25-26H2,1H3. The maximum atomic E-state index is 14.0. The molecule has 61 heavy (non-hydrogen) atoms. The molecule has 18 nitrogen and oxygen atoms in total. The smallest absolute Gasteiger partial charge is 0.340 e. The minimum Gasteiger partial charge on any atom is -0.461 e. The highest BCUT2D eigenvalue weighted by atomic mass is 16.6. The van der Waals surface area contributed by atoms with Crippen molar-refractivity contribution in [3.63, 3.8) is 0 Å². The number of hydrogen-bond donors (Lipinski definition) is 0. The number of pyridine rings is 4. The second-order valence-corrected chi connectivity index (χ2v) is 13.3. The van der Waals surface area contributed by atoms with Gasteiger partial charge in [-0.3, -0.25) is 39.5 Å². The Morgan fingerprint density at radius 3 is 1.39 bits per heavy atom. The third kappa shape index (κ3) is 11.9. The van der Waals surface area contributed by atoms with Crippen molar-refractivity contribution in [2.45, 2.75) is 37.4 Å². The van der Waals surface area contributed by atoms with Gasteiger partial charge in [-0.15, -0.1) is 0 Å². The summed E-state index contributed by atoms with van der Waals surface area (Å²) >= 11 is 0. The van der Waals surface area contributed by atoms with Crippen LogP contribution in [0.5, 0.6) is 0 Å². The molecule has 0 aromatic carbocycles. The van der Waals surface area contributed by atoms with Crippen LogP contribution in [0.15, 0.2) is 132 Å². The number of rotatable bonds is 17. The Kier molecular flexibility index (Phi) is 15.0. The first-order chi connectivity index (χ1) is 29.7. The minimum atomic E-state index is -2.00. The second kappa shape index (κ2) is 21.3. The molecule has 4 aromatic rings. The van der Waals surface area contributed by atoms with Crippen molar-refractivity contribution in [1.82, 2.24) is 19.9 Å². The topological polar surface area (TPSA) is 234 Å². The van der Waals surface area contributed by atoms with Crippen molar-refractivity contribution in [1.29, 1.82) is 0 Å². The fourth-order valence-corrected chi connectivity index (χ4v) is 5.88. The SMILES string of the molecule is CC1N=CC=CC1C(=O)OCC(OC(=O)c1cccnc1)C(OC(=O)c1cccnc1)C(OC(=O)c1cccnc1)C(COC(=O)C1C=CC=NC1)OC(=O)c1cccnc1. The van der Waals surface area contributed by atoms with Crippen LogP contribution < -0.4 is 0 Å². The number of allylic oxidation sites excluding steroid dienone is 2. The summed E-state index contributed by atoms with van der Waals surface area (Å²) in [5.74, 6) is -7.47. The predicted molar refractivity (Wildman–Crippen MR) is 212 cm³/mol. The number of nitrogens with zero attached hydrogens (tertiary/aromatic N) is 6. The number of ether oxygens (including phenoxy) is 6. The van der Waals surface area contributed by atoms with Gasteiger partial charge in [-0.25, -0.2) is 19.2 Å². The molecule has 6 rings (SSSR count). The normalized spacial score (nSPS) is 18.3. The van der Waals surface area contributed by atoms with Gasteiger partial charge in [0.25, 0.3) is 0 Å². The summed E-state index contributed by atoms with van der Waals surface area (Å²) in [4.78, 5) is 107. The lowest BCUT2D eigenvalue weighted by atomic mass is 9.99. The number of carbonyl (C=O) groups excluding carboxylic acids is 6. The van der Waals surface area contributed by atoms with E-state index in [9.17, 15) is 28.8 Å². The summed E-state index contributed by atoms with van der Waals surface area (Å²) in [5.41, 5.74) is -0.318. The Balaban J connectivity index is 1.46. The zero-order valence-electron chi connectivity index (χ0n) is 32.4. The summed E-state index contributed by atoms with van der Waals surface area (Å²) in [6, 6.07) is 10.8. The van der Waals surface area contributed by atoms with Gasteiger partial charge in [-0.1, -0.05) is 12.2 Å². The first kappa shape index (κ1) is 42.8. The highest BCUT2D eigenvalue weighted by Gasteiger charge is 2.47. The van der Waals surface area contributed by atoms with Gasteiger partial charge in [0.2, 0.25) is 0 Å². The molecule has 0 saturated heterocycles. The molecular formula is C43H38N6O12. The third-order valence-electron chi connectivity index (χ3n) is 9.09. The highest BCUT2D eigenvalue weighted by Crippen LogP contribution is 2.25. The van der Waals surface area contributed by atoms with Gasteiger partial charge < -0.3 is 28.4 Å². The van der Waals surface area contributed by atoms with Crippen molar-refractivity contribution in [3.8, 4) is 0 Å². The van der Waals surface area contributed by atoms with E-state index in [0.717, 1.165) is 0 Å². The minimum absolute atomic E-state index is 0.0537. The van der Waals surface area contributed by atoms with Crippen LogP contribution >= 0.6 is 0 Å². The first-order valence-corrected chi connectivity index (χ1v) is 18.8. The van der Waals surface area contributed by atoms with Gasteiger partial charge in [0, 0.05) is 62.0 Å². The number of esters is 6. The zero-order chi connectivity index (χ0) is 43.0. The molecule has 0 aliphatic carbocycles. The summed E-state index contributed by atoms with van der Waals surface area (Å²) in [7, 11) is 0. The fraction of sp³-hybridized carbons (Fsp3) is 0.256. The molecule has 0 bridgehead atoms. The van der Waals surface area contributed by atoms with Crippen LogP contribution in [0.4, 0.5) is 0 Å². The van der Waals surface area contributed by atoms with E-state index in [1.165, 1.54) is 111 Å². The maximum absolute atomic E-state index is 14.0. The van der Waals surface area contributed by atoms with Gasteiger partial charge in [0.15, 0.2) is 24.4 Å². The lowest BCUT2D eigenvalue weighted by Gasteiger charge is -2.36. The fourth-order valence-electron chi connectivity index (χ4n) is 5.88. The molecule has 0 saturated carbocycles. The van der Waals surface area contributed by atoms with Crippen LogP contribution in [0.2, 0.25) is 0 Å². The largest absolute Gasteiger partial charge is 0.461 e. The van der Waals surface area contributed by atoms with Crippen LogP contribution in [-0.4, -0.2) is 118 Å². The molecule has 7 unspecified atom stereocenters. The van der Waals surface area contributed by atoms with Crippen molar-refractivity contribution in [3.05, 3.63) is 145 Å². The lowest BCUT2D eigenvalue weighted by molar-refractivity contribution is -0.167. The van der Waals surface area contributed by atoms with Crippen molar-refractivity contribution in [2.24, 2.45) is 21.8 Å². The van der Waals surface area contributed by atoms with Crippen molar-refractivity contribution in [2.75, 3.05) is 19.8 Å². The summed E-state index contributed by atoms with van der Waals surface area (Å²) < 4.78 is 35.4. The van der Waals surface area contributed by atoms with Gasteiger partial charge in [-0.2, -0.15) is 0 Å². The lowest BCUT2D eigenvalue weighted by Crippen LogP contribution is -2.55. The second-order valence-electron chi connectivity index (χ2n) is 13.3. The van der Waals surface area contributed by atoms with Gasteiger partial charge in [0.05, 0.1) is 46.7 Å². The van der Waals surface area contributed by atoms with E-state index < -0.39 is 91.3 Å². The molecule has 0 radical (unpaired) electrons. The van der Waals surface area contributed by atoms with E-state index in [1.54, 1.807) is 31.2 Å². The Morgan fingerprint density at radius 1 is 0.574 bits per heavy atom. The number of carbonyl (C=O) groups is 6. The number of aromatic nitrogens is 4. The van der Waals surface area contributed by atoms with Crippen LogP contribution in [0.3, 0.4) is 0 Å². The summed E-state index contributed by atoms with van der Waals surface area (Å²) in [6.45, 7) is 0.121. The first-order valence-electron chi connectivity index (χ1n) is 18.8. The summed E-state index contributed by atoms with van der Waals surface area (Å²) in [6.07, 6.45) is 12.1. The Hall–Kier alpha value is -7.76. The average Bonchev–Trinajstić information content (AvgIpc) is 3.31. The number of hydrogen-bond acceptors (Lipinski definition) is 18. The predicted octanol–water partition coefficient (Wildman–Crippen LogP) is 3.46. The van der Waals surface area contributed by atoms with E-state index in [2.05, 4.69) is 29.9 Å². The molecular weight excluding hydrogens is 793 g/mol. The monoisotopic (exact) mass is 830 g/mol. The molecule has 4 aromatic heterocycles.